The van der Waals surface area contributed by atoms with E-state index in [9.17, 15) is 18.0 Å². The first-order valence-electron chi connectivity index (χ1n) is 12.3. The Bertz CT molecular complexity index is 1230. The van der Waals surface area contributed by atoms with Crippen molar-refractivity contribution in [3.8, 4) is 0 Å². The molecule has 0 saturated carbocycles. The molecule has 2 atom stereocenters. The Balaban J connectivity index is 1.31. The van der Waals surface area contributed by atoms with E-state index < -0.39 is 16.1 Å². The van der Waals surface area contributed by atoms with Crippen LogP contribution in [0, 0.1) is 0 Å². The van der Waals surface area contributed by atoms with E-state index in [2.05, 4.69) is 17.0 Å². The topological polar surface area (TPSA) is 81.2 Å². The number of sulfonamides is 1. The van der Waals surface area contributed by atoms with Crippen molar-refractivity contribution in [3.63, 3.8) is 0 Å². The minimum absolute atomic E-state index is 0.00359. The highest BCUT2D eigenvalue weighted by atomic mass is 32.2. The Morgan fingerprint density at radius 1 is 0.943 bits per heavy atom. The van der Waals surface area contributed by atoms with Crippen LogP contribution >= 0.6 is 0 Å². The van der Waals surface area contributed by atoms with Crippen LogP contribution in [0.15, 0.2) is 53.4 Å². The zero-order chi connectivity index (χ0) is 24.7. The van der Waals surface area contributed by atoms with Crippen molar-refractivity contribution < 1.29 is 18.0 Å². The number of hydrogen-bond acceptors (Lipinski definition) is 5. The Hall–Kier alpha value is -2.91. The quantitative estimate of drug-likeness (QED) is 0.650. The van der Waals surface area contributed by atoms with Gasteiger partial charge in [0.2, 0.25) is 21.8 Å². The molecule has 8 nitrogen and oxygen atoms in total. The van der Waals surface area contributed by atoms with Crippen molar-refractivity contribution in [2.24, 2.45) is 0 Å². The molecule has 9 heteroatoms. The highest BCUT2D eigenvalue weighted by Gasteiger charge is 2.42. The number of para-hydroxylation sites is 1. The fourth-order valence-corrected chi connectivity index (χ4v) is 7.39. The molecule has 3 aliphatic rings. The number of carbonyl (C=O) groups is 2. The van der Waals surface area contributed by atoms with E-state index in [1.165, 1.54) is 11.2 Å². The summed E-state index contributed by atoms with van der Waals surface area (Å²) in [4.78, 5) is 31.4. The molecule has 0 radical (unpaired) electrons. The maximum Gasteiger partial charge on any atom is 0.243 e. The van der Waals surface area contributed by atoms with Gasteiger partial charge in [0.15, 0.2) is 0 Å². The third-order valence-corrected chi connectivity index (χ3v) is 9.32. The summed E-state index contributed by atoms with van der Waals surface area (Å²) < 4.78 is 28.7. The minimum atomic E-state index is -3.83. The number of amides is 2. The highest BCUT2D eigenvalue weighted by Crippen LogP contribution is 2.36. The average molecular weight is 497 g/mol. The maximum atomic E-state index is 13.6. The van der Waals surface area contributed by atoms with E-state index in [-0.39, 0.29) is 22.8 Å². The van der Waals surface area contributed by atoms with Crippen LogP contribution in [0.25, 0.3) is 0 Å². The van der Waals surface area contributed by atoms with Crippen LogP contribution in [0.4, 0.5) is 11.4 Å². The van der Waals surface area contributed by atoms with Crippen molar-refractivity contribution in [2.75, 3.05) is 42.5 Å². The van der Waals surface area contributed by atoms with Crippen molar-refractivity contribution in [3.05, 3.63) is 54.1 Å². The summed E-state index contributed by atoms with van der Waals surface area (Å²) in [7, 11) is -3.83. The zero-order valence-electron chi connectivity index (χ0n) is 20.3. The Labute approximate surface area is 207 Å². The largest absolute Gasteiger partial charge is 0.368 e. The van der Waals surface area contributed by atoms with Gasteiger partial charge in [-0.25, -0.2) is 8.42 Å². The summed E-state index contributed by atoms with van der Waals surface area (Å²) >= 11 is 0. The van der Waals surface area contributed by atoms with Gasteiger partial charge in [0.25, 0.3) is 0 Å². The van der Waals surface area contributed by atoms with Crippen LogP contribution in [0.1, 0.15) is 32.3 Å². The number of anilines is 2. The van der Waals surface area contributed by atoms with E-state index in [1.54, 1.807) is 23.1 Å². The van der Waals surface area contributed by atoms with Gasteiger partial charge in [-0.2, -0.15) is 4.31 Å². The normalized spacial score (nSPS) is 23.0. The lowest BCUT2D eigenvalue weighted by molar-refractivity contribution is -0.134. The molecule has 0 spiro atoms. The molecule has 2 amide bonds. The molecule has 2 aromatic carbocycles. The van der Waals surface area contributed by atoms with Gasteiger partial charge in [0, 0.05) is 57.1 Å². The molecular formula is C26H32N4O4S. The number of fused-ring (bicyclic) bond motifs is 1. The Morgan fingerprint density at radius 3 is 2.34 bits per heavy atom. The third-order valence-electron chi connectivity index (χ3n) is 7.41. The van der Waals surface area contributed by atoms with Crippen LogP contribution < -0.4 is 9.80 Å². The first-order chi connectivity index (χ1) is 16.8. The van der Waals surface area contributed by atoms with Crippen molar-refractivity contribution in [2.45, 2.75) is 50.1 Å². The van der Waals surface area contributed by atoms with Crippen molar-refractivity contribution >= 4 is 33.2 Å². The number of carbonyl (C=O) groups excluding carboxylic acids is 2. The summed E-state index contributed by atoms with van der Waals surface area (Å²) in [5.41, 5.74) is 2.76. The average Bonchev–Trinajstić information content (AvgIpc) is 3.48. The molecule has 186 valence electrons. The number of piperazine rings is 1. The fourth-order valence-electron chi connectivity index (χ4n) is 5.69. The van der Waals surface area contributed by atoms with Gasteiger partial charge in [-0.3, -0.25) is 9.59 Å². The summed E-state index contributed by atoms with van der Waals surface area (Å²) in [5.74, 6) is -0.152. The lowest BCUT2D eigenvalue weighted by Crippen LogP contribution is -2.54. The second-order valence-electron chi connectivity index (χ2n) is 9.65. The Morgan fingerprint density at radius 2 is 1.66 bits per heavy atom. The number of benzene rings is 2. The zero-order valence-corrected chi connectivity index (χ0v) is 21.1. The SMILES string of the molecule is CC(=O)N1c2ccc(S(=O)(=O)N3CCC[C@H]3C(=O)N3CCN(c4ccccc4)CC3)cc2C[C@H]1C. The molecule has 3 heterocycles. The lowest BCUT2D eigenvalue weighted by Gasteiger charge is -2.38. The predicted molar refractivity (Wildman–Crippen MR) is 135 cm³/mol. The van der Waals surface area contributed by atoms with Gasteiger partial charge in [-0.15, -0.1) is 0 Å². The molecule has 0 aliphatic carbocycles. The molecule has 2 aromatic rings. The molecule has 5 rings (SSSR count). The molecule has 2 fully saturated rings. The summed E-state index contributed by atoms with van der Waals surface area (Å²) in [5, 5.41) is 0. The molecule has 0 unspecified atom stereocenters. The minimum Gasteiger partial charge on any atom is -0.368 e. The van der Waals surface area contributed by atoms with Crippen LogP contribution in [0.3, 0.4) is 0 Å². The maximum absolute atomic E-state index is 13.6. The van der Waals surface area contributed by atoms with Gasteiger partial charge in [0.05, 0.1) is 4.90 Å². The van der Waals surface area contributed by atoms with Gasteiger partial charge < -0.3 is 14.7 Å². The van der Waals surface area contributed by atoms with E-state index in [4.69, 9.17) is 0 Å². The van der Waals surface area contributed by atoms with Crippen LogP contribution in [-0.2, 0) is 26.0 Å². The van der Waals surface area contributed by atoms with E-state index in [0.717, 1.165) is 30.0 Å². The van der Waals surface area contributed by atoms with E-state index >= 15 is 0 Å². The van der Waals surface area contributed by atoms with E-state index in [0.29, 0.717) is 38.9 Å². The second-order valence-corrected chi connectivity index (χ2v) is 11.5. The van der Waals surface area contributed by atoms with Gasteiger partial charge in [-0.05, 0) is 62.1 Å². The van der Waals surface area contributed by atoms with Crippen molar-refractivity contribution in [1.29, 1.82) is 0 Å². The van der Waals surface area contributed by atoms with Crippen LogP contribution in [0.2, 0.25) is 0 Å². The first kappa shape index (κ1) is 23.8. The fraction of sp³-hybridized carbons (Fsp3) is 0.462. The molecule has 0 N–H and O–H groups in total. The summed E-state index contributed by atoms with van der Waals surface area (Å²) in [6.45, 7) is 6.44. The smallest absolute Gasteiger partial charge is 0.243 e. The van der Waals surface area contributed by atoms with E-state index in [1.807, 2.05) is 30.0 Å². The van der Waals surface area contributed by atoms with Gasteiger partial charge in [0.1, 0.15) is 6.04 Å². The number of nitrogens with zero attached hydrogens (tertiary/aromatic N) is 4. The molecule has 2 saturated heterocycles. The van der Waals surface area contributed by atoms with Gasteiger partial charge in [-0.1, -0.05) is 18.2 Å². The predicted octanol–water partition coefficient (Wildman–Crippen LogP) is 2.49. The number of hydrogen-bond donors (Lipinski definition) is 0. The highest BCUT2D eigenvalue weighted by molar-refractivity contribution is 7.89. The Kier molecular flexibility index (Phi) is 6.31. The summed E-state index contributed by atoms with van der Waals surface area (Å²) in [6, 6.07) is 14.4. The summed E-state index contributed by atoms with van der Waals surface area (Å²) in [6.07, 6.45) is 1.82. The standard InChI is InChI=1S/C26H32N4O4S/c1-19-17-21-18-23(10-11-24(21)30(19)20(2)31)35(33,34)29-12-6-9-25(29)26(32)28-15-13-27(14-16-28)22-7-4-3-5-8-22/h3-5,7-8,10-11,18-19,25H,6,9,12-17H2,1-2H3/t19-,25+/m1/s1. The first-order valence-corrected chi connectivity index (χ1v) is 13.7. The van der Waals surface area contributed by atoms with Gasteiger partial charge >= 0.3 is 0 Å². The molecule has 0 aromatic heterocycles. The molecule has 3 aliphatic heterocycles. The molecule has 35 heavy (non-hydrogen) atoms. The monoisotopic (exact) mass is 496 g/mol. The van der Waals surface area contributed by atoms with Crippen molar-refractivity contribution in [1.82, 2.24) is 9.21 Å². The lowest BCUT2D eigenvalue weighted by atomic mass is 10.1. The molecular weight excluding hydrogens is 464 g/mol. The van der Waals surface area contributed by atoms with Crippen LogP contribution in [-0.4, -0.2) is 74.2 Å². The number of rotatable bonds is 4. The van der Waals surface area contributed by atoms with Crippen LogP contribution in [0.5, 0.6) is 0 Å². The second kappa shape index (κ2) is 9.28. The molecule has 0 bridgehead atoms. The third kappa shape index (κ3) is 4.31.